The van der Waals surface area contributed by atoms with Crippen molar-refractivity contribution >= 4 is 11.9 Å². The van der Waals surface area contributed by atoms with E-state index in [1.807, 2.05) is 72.6 Å². The average molecular weight is 461 g/mol. The second-order valence-electron chi connectivity index (χ2n) is 9.21. The van der Waals surface area contributed by atoms with Crippen LogP contribution in [0.25, 0.3) is 0 Å². The molecule has 2 unspecified atom stereocenters. The van der Waals surface area contributed by atoms with Crippen LogP contribution in [0.1, 0.15) is 17.5 Å². The lowest BCUT2D eigenvalue weighted by Crippen LogP contribution is -2.66. The molecule has 7 heteroatoms. The molecule has 3 aliphatic heterocycles. The minimum atomic E-state index is -1.15. The number of fused-ring (bicyclic) bond motifs is 1. The van der Waals surface area contributed by atoms with E-state index in [2.05, 4.69) is 22.4 Å². The van der Waals surface area contributed by atoms with E-state index in [-0.39, 0.29) is 11.9 Å². The Labute approximate surface area is 201 Å². The monoisotopic (exact) mass is 460 g/mol. The maximum atomic E-state index is 13.8. The molecule has 178 valence electrons. The number of hydrogen-bond acceptors (Lipinski definition) is 6. The second kappa shape index (κ2) is 9.70. The van der Waals surface area contributed by atoms with Gasteiger partial charge in [0.25, 0.3) is 0 Å². The zero-order valence-corrected chi connectivity index (χ0v) is 19.6. The van der Waals surface area contributed by atoms with Crippen LogP contribution in [0, 0.1) is 0 Å². The second-order valence-corrected chi connectivity index (χ2v) is 9.21. The Kier molecular flexibility index (Phi) is 6.50. The lowest BCUT2D eigenvalue weighted by Gasteiger charge is -2.45. The first-order valence-corrected chi connectivity index (χ1v) is 12.1. The maximum Gasteiger partial charge on any atom is 0.327 e. The van der Waals surface area contributed by atoms with Crippen molar-refractivity contribution in [2.24, 2.45) is 0 Å². The standard InChI is InChI=1S/C27H32N4O3/c1-29(17-18-30-15-9-4-10-16-30)25(32)23-19-28-20-24-26(33)34-27(31(23)24,21-11-5-2-6-12-21)22-13-7-3-8-14-22/h2-9,11-14,23-24,28H,10,15-20H2,1H3. The summed E-state index contributed by atoms with van der Waals surface area (Å²) in [6.07, 6.45) is 5.44. The van der Waals surface area contributed by atoms with Gasteiger partial charge in [-0.05, 0) is 6.42 Å². The highest BCUT2D eigenvalue weighted by molar-refractivity contribution is 5.86. The smallest absolute Gasteiger partial charge is 0.327 e. The van der Waals surface area contributed by atoms with Crippen LogP contribution in [-0.4, -0.2) is 85.0 Å². The van der Waals surface area contributed by atoms with Gasteiger partial charge in [-0.2, -0.15) is 0 Å². The highest BCUT2D eigenvalue weighted by atomic mass is 16.6. The van der Waals surface area contributed by atoms with E-state index in [1.54, 1.807) is 4.90 Å². The maximum absolute atomic E-state index is 13.8. The molecule has 0 saturated carbocycles. The highest BCUT2D eigenvalue weighted by Crippen LogP contribution is 2.45. The number of esters is 1. The third-order valence-electron chi connectivity index (χ3n) is 7.12. The Hall–Kier alpha value is -3.00. The first kappa shape index (κ1) is 22.8. The van der Waals surface area contributed by atoms with Crippen molar-refractivity contribution in [3.05, 3.63) is 83.9 Å². The van der Waals surface area contributed by atoms with E-state index in [0.29, 0.717) is 19.6 Å². The number of piperazine rings is 1. The molecule has 0 spiro atoms. The molecule has 0 aromatic heterocycles. The minimum Gasteiger partial charge on any atom is -0.434 e. The zero-order chi connectivity index (χ0) is 23.5. The van der Waals surface area contributed by atoms with Crippen LogP contribution >= 0.6 is 0 Å². The molecule has 2 saturated heterocycles. The topological polar surface area (TPSA) is 65.1 Å². The molecule has 3 heterocycles. The Morgan fingerprint density at radius 1 is 1.06 bits per heavy atom. The Morgan fingerprint density at radius 3 is 2.35 bits per heavy atom. The summed E-state index contributed by atoms with van der Waals surface area (Å²) in [6.45, 7) is 4.33. The summed E-state index contributed by atoms with van der Waals surface area (Å²) in [5.41, 5.74) is 0.546. The van der Waals surface area contributed by atoms with E-state index in [0.717, 1.165) is 37.2 Å². The number of ether oxygens (including phenoxy) is 1. The predicted molar refractivity (Wildman–Crippen MR) is 130 cm³/mol. The first-order chi connectivity index (χ1) is 16.6. The van der Waals surface area contributed by atoms with Gasteiger partial charge in [-0.15, -0.1) is 0 Å². The summed E-state index contributed by atoms with van der Waals surface area (Å²) < 4.78 is 6.24. The molecule has 34 heavy (non-hydrogen) atoms. The molecule has 5 rings (SSSR count). The summed E-state index contributed by atoms with van der Waals surface area (Å²) in [4.78, 5) is 33.2. The molecule has 7 nitrogen and oxygen atoms in total. The van der Waals surface area contributed by atoms with E-state index < -0.39 is 17.8 Å². The normalized spacial score (nSPS) is 24.4. The molecule has 1 amide bonds. The van der Waals surface area contributed by atoms with Gasteiger partial charge >= 0.3 is 5.97 Å². The number of amides is 1. The third kappa shape index (κ3) is 4.04. The molecular weight excluding hydrogens is 428 g/mol. The molecule has 2 aromatic carbocycles. The fraction of sp³-hybridized carbons (Fsp3) is 0.407. The summed E-state index contributed by atoms with van der Waals surface area (Å²) >= 11 is 0. The number of benzene rings is 2. The minimum absolute atomic E-state index is 0.000659. The van der Waals surface area contributed by atoms with Gasteiger partial charge < -0.3 is 15.0 Å². The van der Waals surface area contributed by atoms with Gasteiger partial charge in [0.2, 0.25) is 11.6 Å². The molecule has 0 aliphatic carbocycles. The van der Waals surface area contributed by atoms with Crippen molar-refractivity contribution in [3.63, 3.8) is 0 Å². The molecule has 3 aliphatic rings. The molecule has 0 radical (unpaired) electrons. The van der Waals surface area contributed by atoms with Gasteiger partial charge in [0.15, 0.2) is 0 Å². The van der Waals surface area contributed by atoms with Crippen molar-refractivity contribution in [1.82, 2.24) is 20.0 Å². The number of carbonyl (C=O) groups excluding carboxylic acids is 2. The number of carbonyl (C=O) groups is 2. The van der Waals surface area contributed by atoms with Crippen molar-refractivity contribution in [1.29, 1.82) is 0 Å². The van der Waals surface area contributed by atoms with Crippen molar-refractivity contribution in [2.45, 2.75) is 24.2 Å². The number of hydrogen-bond donors (Lipinski definition) is 1. The van der Waals surface area contributed by atoms with Crippen molar-refractivity contribution in [2.75, 3.05) is 46.3 Å². The van der Waals surface area contributed by atoms with Crippen LogP contribution < -0.4 is 5.32 Å². The fourth-order valence-electron chi connectivity index (χ4n) is 5.34. The summed E-state index contributed by atoms with van der Waals surface area (Å²) in [6, 6.07) is 18.5. The van der Waals surface area contributed by atoms with Crippen molar-refractivity contribution < 1.29 is 14.3 Å². The Morgan fingerprint density at radius 2 is 1.74 bits per heavy atom. The average Bonchev–Trinajstić information content (AvgIpc) is 3.22. The van der Waals surface area contributed by atoms with Crippen LogP contribution in [-0.2, 0) is 20.1 Å². The number of nitrogens with zero attached hydrogens (tertiary/aromatic N) is 3. The first-order valence-electron chi connectivity index (χ1n) is 12.1. The van der Waals surface area contributed by atoms with E-state index in [9.17, 15) is 9.59 Å². The predicted octanol–water partition coefficient (Wildman–Crippen LogP) is 1.81. The van der Waals surface area contributed by atoms with Crippen LogP contribution in [0.5, 0.6) is 0 Å². The number of rotatable bonds is 6. The fourth-order valence-corrected chi connectivity index (χ4v) is 5.34. The molecule has 2 aromatic rings. The van der Waals surface area contributed by atoms with Crippen LogP contribution in [0.2, 0.25) is 0 Å². The van der Waals surface area contributed by atoms with Gasteiger partial charge in [0.1, 0.15) is 12.1 Å². The van der Waals surface area contributed by atoms with Gasteiger partial charge in [-0.25, -0.2) is 4.90 Å². The largest absolute Gasteiger partial charge is 0.434 e. The van der Waals surface area contributed by atoms with Crippen LogP contribution in [0.15, 0.2) is 72.8 Å². The lowest BCUT2D eigenvalue weighted by atomic mass is 9.89. The van der Waals surface area contributed by atoms with Crippen LogP contribution in [0.3, 0.4) is 0 Å². The van der Waals surface area contributed by atoms with Gasteiger partial charge in [0.05, 0.1) is 0 Å². The Bertz CT molecular complexity index is 1000. The molecular formula is C27H32N4O3. The molecule has 2 atom stereocenters. The summed E-state index contributed by atoms with van der Waals surface area (Å²) in [7, 11) is 1.86. The van der Waals surface area contributed by atoms with E-state index >= 15 is 0 Å². The van der Waals surface area contributed by atoms with E-state index in [4.69, 9.17) is 4.74 Å². The summed E-state index contributed by atoms with van der Waals surface area (Å²) in [5, 5.41) is 3.31. The zero-order valence-electron chi connectivity index (χ0n) is 19.6. The number of likely N-dealkylation sites (N-methyl/N-ethyl adjacent to an activating group) is 1. The lowest BCUT2D eigenvalue weighted by molar-refractivity contribution is -0.155. The SMILES string of the molecule is CN(CCN1CC=CCC1)C(=O)C1CNCC2C(=O)OC(c3ccccc3)(c3ccccc3)N21. The Balaban J connectivity index is 1.48. The molecule has 0 bridgehead atoms. The van der Waals surface area contributed by atoms with Gasteiger partial charge in [-0.3, -0.25) is 14.5 Å². The van der Waals surface area contributed by atoms with E-state index in [1.165, 1.54) is 0 Å². The number of cyclic esters (lactones) is 1. The summed E-state index contributed by atoms with van der Waals surface area (Å²) in [5.74, 6) is -0.306. The third-order valence-corrected chi connectivity index (χ3v) is 7.12. The van der Waals surface area contributed by atoms with Gasteiger partial charge in [-0.1, -0.05) is 72.8 Å². The quantitative estimate of drug-likeness (QED) is 0.524. The highest BCUT2D eigenvalue weighted by Gasteiger charge is 2.60. The number of nitrogens with one attached hydrogen (secondary N) is 1. The molecule has 1 N–H and O–H groups in total. The van der Waals surface area contributed by atoms with Crippen molar-refractivity contribution in [3.8, 4) is 0 Å². The van der Waals surface area contributed by atoms with Crippen LogP contribution in [0.4, 0.5) is 0 Å². The van der Waals surface area contributed by atoms with Gasteiger partial charge in [0, 0.05) is 57.4 Å². The molecule has 2 fully saturated rings.